The fourth-order valence-corrected chi connectivity index (χ4v) is 2.70. The summed E-state index contributed by atoms with van der Waals surface area (Å²) in [7, 11) is 1.12. The maximum absolute atomic E-state index is 13.8. The molecule has 0 aliphatic heterocycles. The molecular weight excluding hydrogens is 380 g/mol. The van der Waals surface area contributed by atoms with Gasteiger partial charge in [-0.05, 0) is 48.5 Å². The summed E-state index contributed by atoms with van der Waals surface area (Å²) < 4.78 is 31.4. The molecule has 0 aliphatic carbocycles. The second-order valence-corrected chi connectivity index (χ2v) is 6.02. The van der Waals surface area contributed by atoms with Crippen molar-refractivity contribution < 1.29 is 27.9 Å². The van der Waals surface area contributed by atoms with Crippen LogP contribution in [0.3, 0.4) is 0 Å². The van der Waals surface area contributed by atoms with E-state index in [4.69, 9.17) is 0 Å². The lowest BCUT2D eigenvalue weighted by atomic mass is 9.98. The Hall–Kier alpha value is -3.87. The Bertz CT molecular complexity index is 1090. The summed E-state index contributed by atoms with van der Waals surface area (Å²) in [6, 6.07) is 14.5. The minimum absolute atomic E-state index is 0.0748. The first-order valence-electron chi connectivity index (χ1n) is 8.49. The molecular formula is C22H15F2NO4. The molecule has 5 nitrogen and oxygen atoms in total. The van der Waals surface area contributed by atoms with E-state index in [0.717, 1.165) is 31.4 Å². The van der Waals surface area contributed by atoms with E-state index in [1.807, 2.05) is 0 Å². The highest BCUT2D eigenvalue weighted by molar-refractivity contribution is 6.17. The van der Waals surface area contributed by atoms with Crippen LogP contribution in [0.25, 0.3) is 0 Å². The number of hydrogen-bond donors (Lipinski definition) is 1. The first kappa shape index (κ1) is 19.9. The molecule has 1 amide bonds. The first-order chi connectivity index (χ1) is 13.9. The van der Waals surface area contributed by atoms with E-state index in [1.54, 1.807) is 12.1 Å². The highest BCUT2D eigenvalue weighted by Gasteiger charge is 2.19. The second-order valence-electron chi connectivity index (χ2n) is 6.02. The summed E-state index contributed by atoms with van der Waals surface area (Å²) in [5.41, 5.74) is 0.237. The van der Waals surface area contributed by atoms with Gasteiger partial charge in [-0.1, -0.05) is 18.2 Å². The standard InChI is InChI=1S/C22H15F2NO4/c1-29-22(28)18-12-15(10-11-19(18)24)25-21(27)17-5-3-2-4-16(17)20(26)13-6-8-14(23)9-7-13/h2-12H,1H3,(H,25,27). The van der Waals surface area contributed by atoms with Crippen molar-refractivity contribution in [3.8, 4) is 0 Å². The van der Waals surface area contributed by atoms with E-state index < -0.39 is 29.3 Å². The normalized spacial score (nSPS) is 10.3. The number of methoxy groups -OCH3 is 1. The van der Waals surface area contributed by atoms with E-state index in [-0.39, 0.29) is 27.9 Å². The van der Waals surface area contributed by atoms with Crippen molar-refractivity contribution in [1.82, 2.24) is 0 Å². The van der Waals surface area contributed by atoms with E-state index in [1.165, 1.54) is 30.3 Å². The Kier molecular flexibility index (Phi) is 5.78. The van der Waals surface area contributed by atoms with E-state index in [0.29, 0.717) is 0 Å². The summed E-state index contributed by atoms with van der Waals surface area (Å²) in [6.07, 6.45) is 0. The molecule has 0 aliphatic rings. The largest absolute Gasteiger partial charge is 0.465 e. The number of halogens is 2. The van der Waals surface area contributed by atoms with Gasteiger partial charge in [0.2, 0.25) is 0 Å². The number of ketones is 1. The van der Waals surface area contributed by atoms with Crippen LogP contribution >= 0.6 is 0 Å². The maximum atomic E-state index is 13.8. The molecule has 0 saturated carbocycles. The lowest BCUT2D eigenvalue weighted by Crippen LogP contribution is -2.17. The predicted molar refractivity (Wildman–Crippen MR) is 102 cm³/mol. The average Bonchev–Trinajstić information content (AvgIpc) is 2.74. The number of benzene rings is 3. The van der Waals surface area contributed by atoms with Crippen molar-refractivity contribution in [2.75, 3.05) is 12.4 Å². The Morgan fingerprint density at radius 2 is 1.48 bits per heavy atom. The molecule has 3 rings (SSSR count). The van der Waals surface area contributed by atoms with Gasteiger partial charge < -0.3 is 10.1 Å². The van der Waals surface area contributed by atoms with Gasteiger partial charge in [0.1, 0.15) is 11.6 Å². The van der Waals surface area contributed by atoms with Gasteiger partial charge in [-0.2, -0.15) is 0 Å². The zero-order valence-corrected chi connectivity index (χ0v) is 15.2. The third kappa shape index (κ3) is 4.35. The molecule has 0 fully saturated rings. The molecule has 0 radical (unpaired) electrons. The van der Waals surface area contributed by atoms with Crippen LogP contribution in [0, 0.1) is 11.6 Å². The van der Waals surface area contributed by atoms with Gasteiger partial charge >= 0.3 is 5.97 Å². The summed E-state index contributed by atoms with van der Waals surface area (Å²) in [5.74, 6) is -3.24. The van der Waals surface area contributed by atoms with Gasteiger partial charge in [0.25, 0.3) is 5.91 Å². The van der Waals surface area contributed by atoms with Gasteiger partial charge in [-0.15, -0.1) is 0 Å². The highest BCUT2D eigenvalue weighted by Crippen LogP contribution is 2.19. The van der Waals surface area contributed by atoms with Gasteiger partial charge in [0.15, 0.2) is 5.78 Å². The molecule has 0 bridgehead atoms. The SMILES string of the molecule is COC(=O)c1cc(NC(=O)c2ccccc2C(=O)c2ccc(F)cc2)ccc1F. The van der Waals surface area contributed by atoms with Crippen LogP contribution in [-0.2, 0) is 4.74 Å². The first-order valence-corrected chi connectivity index (χ1v) is 8.49. The number of hydrogen-bond acceptors (Lipinski definition) is 4. The molecule has 1 N–H and O–H groups in total. The third-order valence-corrected chi connectivity index (χ3v) is 4.15. The van der Waals surface area contributed by atoms with Crippen molar-refractivity contribution in [3.63, 3.8) is 0 Å². The minimum Gasteiger partial charge on any atom is -0.465 e. The van der Waals surface area contributed by atoms with Crippen molar-refractivity contribution in [2.45, 2.75) is 0 Å². The molecule has 3 aromatic carbocycles. The summed E-state index contributed by atoms with van der Waals surface area (Å²) >= 11 is 0. The molecule has 146 valence electrons. The second kappa shape index (κ2) is 8.43. The van der Waals surface area contributed by atoms with Gasteiger partial charge in [0.05, 0.1) is 18.2 Å². The lowest BCUT2D eigenvalue weighted by Gasteiger charge is -2.11. The molecule has 0 heterocycles. The van der Waals surface area contributed by atoms with Crippen LogP contribution in [0.5, 0.6) is 0 Å². The van der Waals surface area contributed by atoms with Gasteiger partial charge in [-0.3, -0.25) is 9.59 Å². The molecule has 3 aromatic rings. The van der Waals surface area contributed by atoms with Crippen LogP contribution < -0.4 is 5.32 Å². The zero-order chi connectivity index (χ0) is 21.0. The number of nitrogens with one attached hydrogen (secondary N) is 1. The summed E-state index contributed by atoms with van der Waals surface area (Å²) in [6.45, 7) is 0. The van der Waals surface area contributed by atoms with Crippen molar-refractivity contribution in [1.29, 1.82) is 0 Å². The van der Waals surface area contributed by atoms with Gasteiger partial charge in [0, 0.05) is 16.8 Å². The van der Waals surface area contributed by atoms with Gasteiger partial charge in [-0.25, -0.2) is 13.6 Å². The smallest absolute Gasteiger partial charge is 0.340 e. The number of ether oxygens (including phenoxy) is 1. The topological polar surface area (TPSA) is 72.5 Å². The number of rotatable bonds is 5. The molecule has 0 spiro atoms. The number of esters is 1. The molecule has 0 atom stereocenters. The molecule has 0 saturated heterocycles. The zero-order valence-electron chi connectivity index (χ0n) is 15.2. The number of carbonyl (C=O) groups excluding carboxylic acids is 3. The van der Waals surface area contributed by atoms with Crippen molar-refractivity contribution in [2.24, 2.45) is 0 Å². The quantitative estimate of drug-likeness (QED) is 0.518. The summed E-state index contributed by atoms with van der Waals surface area (Å²) in [4.78, 5) is 37.1. The van der Waals surface area contributed by atoms with Crippen LogP contribution in [0.1, 0.15) is 36.6 Å². The average molecular weight is 395 g/mol. The predicted octanol–water partition coefficient (Wildman–Crippen LogP) is 4.23. The van der Waals surface area contributed by atoms with Crippen molar-refractivity contribution >= 4 is 23.3 Å². The van der Waals surface area contributed by atoms with Crippen molar-refractivity contribution in [3.05, 3.63) is 101 Å². The summed E-state index contributed by atoms with van der Waals surface area (Å²) in [5, 5.41) is 2.54. The molecule has 0 aromatic heterocycles. The molecule has 0 unspecified atom stereocenters. The van der Waals surface area contributed by atoms with Crippen LogP contribution in [0.15, 0.2) is 66.7 Å². The minimum atomic E-state index is -0.884. The Morgan fingerprint density at radius 1 is 0.828 bits per heavy atom. The maximum Gasteiger partial charge on any atom is 0.340 e. The lowest BCUT2D eigenvalue weighted by molar-refractivity contribution is 0.0595. The number of carbonyl (C=O) groups is 3. The molecule has 7 heteroatoms. The fraction of sp³-hybridized carbons (Fsp3) is 0.0455. The Morgan fingerprint density at radius 3 is 2.14 bits per heavy atom. The highest BCUT2D eigenvalue weighted by atomic mass is 19.1. The van der Waals surface area contributed by atoms with E-state index in [2.05, 4.69) is 10.1 Å². The van der Waals surface area contributed by atoms with Crippen LogP contribution in [0.2, 0.25) is 0 Å². The Balaban J connectivity index is 1.90. The molecule has 29 heavy (non-hydrogen) atoms. The van der Waals surface area contributed by atoms with E-state index in [9.17, 15) is 23.2 Å². The van der Waals surface area contributed by atoms with E-state index >= 15 is 0 Å². The fourth-order valence-electron chi connectivity index (χ4n) is 2.70. The monoisotopic (exact) mass is 395 g/mol. The van der Waals surface area contributed by atoms with Crippen LogP contribution in [-0.4, -0.2) is 24.8 Å². The Labute approximate surface area is 164 Å². The number of amides is 1. The number of anilines is 1. The third-order valence-electron chi connectivity index (χ3n) is 4.15. The van der Waals surface area contributed by atoms with Crippen LogP contribution in [0.4, 0.5) is 14.5 Å².